The molecule has 0 atom stereocenters. The van der Waals surface area contributed by atoms with Crippen LogP contribution in [0.2, 0.25) is 0 Å². The number of aliphatic hydroxyl groups excluding tert-OH is 1. The molecule has 1 aromatic rings. The van der Waals surface area contributed by atoms with E-state index in [1.54, 1.807) is 15.8 Å². The molecule has 0 bridgehead atoms. The Kier molecular flexibility index (Phi) is 5.39. The molecule has 0 aromatic carbocycles. The Morgan fingerprint density at radius 1 is 1.59 bits per heavy atom. The molecule has 2 N–H and O–H groups in total. The number of hydrogen-bond donors (Lipinski definition) is 2. The number of nitrogens with one attached hydrogen (secondary N) is 1. The van der Waals surface area contributed by atoms with Crippen molar-refractivity contribution in [3.63, 3.8) is 0 Å². The molecular formula is C15H23N5O2. The average Bonchev–Trinajstić information content (AvgIpc) is 3.23. The van der Waals surface area contributed by atoms with Crippen LogP contribution in [0.15, 0.2) is 6.20 Å². The van der Waals surface area contributed by atoms with Crippen LogP contribution < -0.4 is 5.32 Å². The monoisotopic (exact) mass is 305 g/mol. The summed E-state index contributed by atoms with van der Waals surface area (Å²) in [6.07, 6.45) is 5.12. The Bertz CT molecular complexity index is 557. The first-order valence-corrected chi connectivity index (χ1v) is 7.74. The van der Waals surface area contributed by atoms with Crippen molar-refractivity contribution in [2.24, 2.45) is 0 Å². The van der Waals surface area contributed by atoms with Crippen LogP contribution >= 0.6 is 0 Å². The maximum atomic E-state index is 12.4. The van der Waals surface area contributed by atoms with Crippen molar-refractivity contribution in [1.82, 2.24) is 14.7 Å². The topological polar surface area (TPSA) is 94.2 Å². The van der Waals surface area contributed by atoms with Crippen molar-refractivity contribution in [3.8, 4) is 6.07 Å². The highest BCUT2D eigenvalue weighted by molar-refractivity contribution is 5.90. The first-order valence-electron chi connectivity index (χ1n) is 7.74. The van der Waals surface area contributed by atoms with Gasteiger partial charge in [-0.15, -0.1) is 0 Å². The molecule has 1 fully saturated rings. The lowest BCUT2D eigenvalue weighted by atomic mass is 10.3. The van der Waals surface area contributed by atoms with E-state index in [-0.39, 0.29) is 24.7 Å². The molecule has 1 aliphatic carbocycles. The summed E-state index contributed by atoms with van der Waals surface area (Å²) in [6, 6.07) is 2.25. The molecular weight excluding hydrogens is 282 g/mol. The molecule has 0 spiro atoms. The second-order valence-electron chi connectivity index (χ2n) is 5.86. The van der Waals surface area contributed by atoms with Crippen molar-refractivity contribution in [3.05, 3.63) is 11.8 Å². The largest absolute Gasteiger partial charge is 0.396 e. The van der Waals surface area contributed by atoms with Gasteiger partial charge in [-0.2, -0.15) is 10.4 Å². The van der Waals surface area contributed by atoms with Crippen LogP contribution in [0.5, 0.6) is 0 Å². The van der Waals surface area contributed by atoms with Gasteiger partial charge in [-0.05, 0) is 39.5 Å². The molecule has 22 heavy (non-hydrogen) atoms. The highest BCUT2D eigenvalue weighted by atomic mass is 16.3. The maximum absolute atomic E-state index is 12.4. The van der Waals surface area contributed by atoms with Gasteiger partial charge in [-0.1, -0.05) is 0 Å². The number of rotatable bonds is 7. The zero-order chi connectivity index (χ0) is 16.1. The molecule has 1 saturated carbocycles. The molecule has 1 aliphatic rings. The summed E-state index contributed by atoms with van der Waals surface area (Å²) in [6.45, 7) is 4.68. The van der Waals surface area contributed by atoms with Crippen LogP contribution in [0.3, 0.4) is 0 Å². The van der Waals surface area contributed by atoms with Crippen molar-refractivity contribution < 1.29 is 9.90 Å². The fourth-order valence-electron chi connectivity index (χ4n) is 2.23. The lowest BCUT2D eigenvalue weighted by Gasteiger charge is -2.22. The van der Waals surface area contributed by atoms with E-state index in [9.17, 15) is 4.79 Å². The number of amides is 2. The number of nitriles is 1. The van der Waals surface area contributed by atoms with Crippen molar-refractivity contribution >= 4 is 11.8 Å². The molecule has 2 rings (SSSR count). The number of aromatic nitrogens is 2. The van der Waals surface area contributed by atoms with Gasteiger partial charge >= 0.3 is 6.03 Å². The molecule has 7 heteroatoms. The molecule has 0 unspecified atom stereocenters. The standard InChI is InChI=1S/C15H23N5O2/c1-11(2)20-10-12(9-16)14(18-20)17-15(22)19(13-5-6-13)7-3-4-8-21/h10-11,13,21H,3-8H2,1-2H3,(H,17,18,22). The Morgan fingerprint density at radius 2 is 2.32 bits per heavy atom. The van der Waals surface area contributed by atoms with Crippen LogP contribution in [0.1, 0.15) is 51.1 Å². The summed E-state index contributed by atoms with van der Waals surface area (Å²) < 4.78 is 1.67. The van der Waals surface area contributed by atoms with Crippen LogP contribution in [-0.2, 0) is 0 Å². The van der Waals surface area contributed by atoms with E-state index in [4.69, 9.17) is 10.4 Å². The Hall–Kier alpha value is -2.07. The van der Waals surface area contributed by atoms with Crippen LogP contribution in [0, 0.1) is 11.3 Å². The number of unbranched alkanes of at least 4 members (excludes halogenated alkanes) is 1. The van der Waals surface area contributed by atoms with Crippen molar-refractivity contribution in [2.45, 2.75) is 51.6 Å². The Morgan fingerprint density at radius 3 is 2.86 bits per heavy atom. The van der Waals surface area contributed by atoms with Gasteiger partial charge in [-0.3, -0.25) is 10.00 Å². The van der Waals surface area contributed by atoms with Gasteiger partial charge in [-0.25, -0.2) is 4.79 Å². The van der Waals surface area contributed by atoms with Gasteiger partial charge in [0.2, 0.25) is 0 Å². The number of hydrogen-bond acceptors (Lipinski definition) is 4. The normalized spacial score (nSPS) is 14.0. The van der Waals surface area contributed by atoms with Crippen LogP contribution in [0.4, 0.5) is 10.6 Å². The summed E-state index contributed by atoms with van der Waals surface area (Å²) in [5, 5.41) is 25.1. The number of urea groups is 1. The van der Waals surface area contributed by atoms with Gasteiger partial charge in [0.15, 0.2) is 5.82 Å². The van der Waals surface area contributed by atoms with E-state index in [1.807, 2.05) is 13.8 Å². The van der Waals surface area contributed by atoms with E-state index in [2.05, 4.69) is 16.5 Å². The second kappa shape index (κ2) is 7.27. The molecule has 1 aromatic heterocycles. The Balaban J connectivity index is 2.04. The second-order valence-corrected chi connectivity index (χ2v) is 5.86. The summed E-state index contributed by atoms with van der Waals surface area (Å²) in [4.78, 5) is 14.2. The van der Waals surface area contributed by atoms with Gasteiger partial charge in [0.25, 0.3) is 0 Å². The van der Waals surface area contributed by atoms with E-state index < -0.39 is 0 Å². The third-order valence-electron chi connectivity index (χ3n) is 3.66. The van der Waals surface area contributed by atoms with Gasteiger partial charge in [0, 0.05) is 31.4 Å². The number of carbonyl (C=O) groups is 1. The minimum absolute atomic E-state index is 0.127. The molecule has 7 nitrogen and oxygen atoms in total. The van der Waals surface area contributed by atoms with Crippen molar-refractivity contribution in [1.29, 1.82) is 5.26 Å². The summed E-state index contributed by atoms with van der Waals surface area (Å²) in [7, 11) is 0. The predicted octanol–water partition coefficient (Wildman–Crippen LogP) is 2.10. The lowest BCUT2D eigenvalue weighted by Crippen LogP contribution is -2.37. The van der Waals surface area contributed by atoms with E-state index in [0.29, 0.717) is 24.3 Å². The molecule has 0 radical (unpaired) electrons. The Labute approximate surface area is 130 Å². The first-order chi connectivity index (χ1) is 10.6. The highest BCUT2D eigenvalue weighted by Crippen LogP contribution is 2.28. The van der Waals surface area contributed by atoms with Crippen LogP contribution in [0.25, 0.3) is 0 Å². The number of anilines is 1. The van der Waals surface area contributed by atoms with E-state index in [0.717, 1.165) is 19.3 Å². The third kappa shape index (κ3) is 3.98. The number of carbonyl (C=O) groups excluding carboxylic acids is 1. The van der Waals surface area contributed by atoms with Gasteiger partial charge < -0.3 is 10.0 Å². The molecule has 0 saturated heterocycles. The first kappa shape index (κ1) is 16.3. The van der Waals surface area contributed by atoms with Crippen LogP contribution in [-0.4, -0.2) is 45.0 Å². The highest BCUT2D eigenvalue weighted by Gasteiger charge is 2.32. The quantitative estimate of drug-likeness (QED) is 0.754. The fraction of sp³-hybridized carbons (Fsp3) is 0.667. The number of aliphatic hydroxyl groups is 1. The molecule has 120 valence electrons. The minimum Gasteiger partial charge on any atom is -0.396 e. The SMILES string of the molecule is CC(C)n1cc(C#N)c(NC(=O)N(CCCCO)C2CC2)n1. The van der Waals surface area contributed by atoms with Gasteiger partial charge in [0.1, 0.15) is 11.6 Å². The predicted molar refractivity (Wildman–Crippen MR) is 82.4 cm³/mol. The fourth-order valence-corrected chi connectivity index (χ4v) is 2.23. The maximum Gasteiger partial charge on any atom is 0.323 e. The summed E-state index contributed by atoms with van der Waals surface area (Å²) >= 11 is 0. The third-order valence-corrected chi connectivity index (χ3v) is 3.66. The lowest BCUT2D eigenvalue weighted by molar-refractivity contribution is 0.204. The van der Waals surface area contributed by atoms with E-state index in [1.165, 1.54) is 0 Å². The zero-order valence-corrected chi connectivity index (χ0v) is 13.1. The average molecular weight is 305 g/mol. The smallest absolute Gasteiger partial charge is 0.323 e. The van der Waals surface area contributed by atoms with Crippen molar-refractivity contribution in [2.75, 3.05) is 18.5 Å². The number of nitrogens with zero attached hydrogens (tertiary/aromatic N) is 4. The molecule has 1 heterocycles. The zero-order valence-electron chi connectivity index (χ0n) is 13.1. The van der Waals surface area contributed by atoms with Gasteiger partial charge in [0.05, 0.1) is 0 Å². The molecule has 0 aliphatic heterocycles. The molecule has 2 amide bonds. The summed E-state index contributed by atoms with van der Waals surface area (Å²) in [5.41, 5.74) is 0.369. The van der Waals surface area contributed by atoms with E-state index >= 15 is 0 Å². The summed E-state index contributed by atoms with van der Waals surface area (Å²) in [5.74, 6) is 0.314. The minimum atomic E-state index is -0.217.